The Morgan fingerprint density at radius 2 is 1.87 bits per heavy atom. The van der Waals surface area contributed by atoms with Gasteiger partial charge >= 0.3 is 12.3 Å². The Morgan fingerprint density at radius 3 is 2.42 bits per heavy atom. The molecule has 0 aliphatic heterocycles. The number of carbonyl (C=O) groups is 2. The van der Waals surface area contributed by atoms with Gasteiger partial charge in [0, 0.05) is 18.8 Å². The lowest BCUT2D eigenvalue weighted by molar-refractivity contribution is -0.137. The lowest BCUT2D eigenvalue weighted by Crippen LogP contribution is -2.49. The van der Waals surface area contributed by atoms with Gasteiger partial charge in [-0.05, 0) is 36.8 Å². The van der Waals surface area contributed by atoms with Gasteiger partial charge in [0.15, 0.2) is 0 Å². The van der Waals surface area contributed by atoms with Crippen molar-refractivity contribution in [3.05, 3.63) is 30.1 Å². The third kappa shape index (κ3) is 5.33. The van der Waals surface area contributed by atoms with Gasteiger partial charge in [-0.1, -0.05) is 19.8 Å². The van der Waals surface area contributed by atoms with Crippen molar-refractivity contribution in [2.75, 3.05) is 5.32 Å². The largest absolute Gasteiger partial charge is 0.465 e. The topological polar surface area (TPSA) is 109 Å². The Hall–Kier alpha value is -3.11. The Bertz CT molecular complexity index is 935. The second kappa shape index (κ2) is 8.94. The minimum atomic E-state index is -4.57. The molecule has 1 aliphatic rings. The first-order chi connectivity index (χ1) is 14.6. The number of amides is 2. The molecule has 11 heteroatoms. The second-order valence-corrected chi connectivity index (χ2v) is 7.90. The third-order valence-corrected chi connectivity index (χ3v) is 5.63. The summed E-state index contributed by atoms with van der Waals surface area (Å²) in [6.45, 7) is 2.12. The van der Waals surface area contributed by atoms with Gasteiger partial charge < -0.3 is 15.7 Å². The molecule has 0 radical (unpaired) electrons. The summed E-state index contributed by atoms with van der Waals surface area (Å²) >= 11 is 0. The highest BCUT2D eigenvalue weighted by atomic mass is 19.4. The van der Waals surface area contributed by atoms with E-state index >= 15 is 0 Å². The zero-order chi connectivity index (χ0) is 22.8. The quantitative estimate of drug-likeness (QED) is 0.655. The Labute approximate surface area is 176 Å². The van der Waals surface area contributed by atoms with Crippen molar-refractivity contribution in [1.29, 1.82) is 0 Å². The number of hydrogen-bond acceptors (Lipinski definition) is 4. The maximum Gasteiger partial charge on any atom is 0.420 e. The van der Waals surface area contributed by atoms with Crippen molar-refractivity contribution < 1.29 is 27.9 Å². The average Bonchev–Trinajstić information content (AvgIpc) is 3.09. The average molecular weight is 439 g/mol. The zero-order valence-corrected chi connectivity index (χ0v) is 17.1. The molecule has 0 aromatic carbocycles. The van der Waals surface area contributed by atoms with E-state index in [9.17, 15) is 22.8 Å². The van der Waals surface area contributed by atoms with E-state index in [1.807, 2.05) is 0 Å². The standard InChI is InChI=1S/C20H24F3N5O3/c1-11-3-5-12(6-4-11)16(27-19(30)31)18(29)26-15-8-7-13(9-24-15)17-14(20(21,22)23)10-25-28(17)2/h7-12,16,27H,3-6H2,1-2H3,(H,30,31)(H,24,26,29)/t11?,12?,16-/m0/s1. The highest BCUT2D eigenvalue weighted by molar-refractivity contribution is 5.96. The summed E-state index contributed by atoms with van der Waals surface area (Å²) in [5.41, 5.74) is -0.836. The SMILES string of the molecule is CC1CCC([C@H](NC(=O)O)C(=O)Nc2ccc(-c3c(C(F)(F)F)cnn3C)cn2)CC1. The summed E-state index contributed by atoms with van der Waals surface area (Å²) in [6, 6.07) is 1.85. The van der Waals surface area contributed by atoms with Crippen LogP contribution in [0.5, 0.6) is 0 Å². The van der Waals surface area contributed by atoms with Crippen LogP contribution in [0.3, 0.4) is 0 Å². The summed E-state index contributed by atoms with van der Waals surface area (Å²) in [6.07, 6.45) is -0.618. The maximum absolute atomic E-state index is 13.2. The van der Waals surface area contributed by atoms with Gasteiger partial charge in [0.05, 0.1) is 11.9 Å². The molecule has 3 N–H and O–H groups in total. The van der Waals surface area contributed by atoms with Crippen LogP contribution >= 0.6 is 0 Å². The Kier molecular flexibility index (Phi) is 6.51. The number of nitrogens with one attached hydrogen (secondary N) is 2. The molecule has 168 valence electrons. The fourth-order valence-corrected chi connectivity index (χ4v) is 3.95. The summed E-state index contributed by atoms with van der Waals surface area (Å²) < 4.78 is 40.7. The van der Waals surface area contributed by atoms with E-state index in [4.69, 9.17) is 5.11 Å². The van der Waals surface area contributed by atoms with Crippen molar-refractivity contribution in [1.82, 2.24) is 20.1 Å². The number of anilines is 1. The van der Waals surface area contributed by atoms with Crippen LogP contribution in [-0.4, -0.2) is 37.9 Å². The van der Waals surface area contributed by atoms with Crippen LogP contribution in [0.2, 0.25) is 0 Å². The van der Waals surface area contributed by atoms with Gasteiger partial charge in [-0.15, -0.1) is 0 Å². The molecule has 0 saturated heterocycles. The van der Waals surface area contributed by atoms with E-state index in [2.05, 4.69) is 27.6 Å². The number of carbonyl (C=O) groups excluding carboxylic acids is 1. The molecule has 0 unspecified atom stereocenters. The normalized spacial score (nSPS) is 20.2. The number of aromatic nitrogens is 3. The van der Waals surface area contributed by atoms with Gasteiger partial charge in [-0.2, -0.15) is 18.3 Å². The summed E-state index contributed by atoms with van der Waals surface area (Å²) in [5, 5.41) is 17.7. The number of carboxylic acid groups (broad SMARTS) is 1. The van der Waals surface area contributed by atoms with Gasteiger partial charge in [-0.3, -0.25) is 9.48 Å². The van der Waals surface area contributed by atoms with Crippen molar-refractivity contribution in [3.63, 3.8) is 0 Å². The first-order valence-electron chi connectivity index (χ1n) is 9.92. The Morgan fingerprint density at radius 1 is 1.19 bits per heavy atom. The van der Waals surface area contributed by atoms with E-state index in [1.54, 1.807) is 0 Å². The molecule has 3 rings (SSSR count). The van der Waals surface area contributed by atoms with Crippen molar-refractivity contribution >= 4 is 17.8 Å². The predicted octanol–water partition coefficient (Wildman–Crippen LogP) is 3.90. The number of hydrogen-bond donors (Lipinski definition) is 3. The number of aryl methyl sites for hydroxylation is 1. The number of nitrogens with zero attached hydrogens (tertiary/aromatic N) is 3. The monoisotopic (exact) mass is 439 g/mol. The third-order valence-electron chi connectivity index (χ3n) is 5.63. The van der Waals surface area contributed by atoms with Gasteiger partial charge in [0.2, 0.25) is 5.91 Å². The first kappa shape index (κ1) is 22.6. The fourth-order valence-electron chi connectivity index (χ4n) is 3.95. The highest BCUT2D eigenvalue weighted by Gasteiger charge is 2.36. The summed E-state index contributed by atoms with van der Waals surface area (Å²) in [4.78, 5) is 28.0. The van der Waals surface area contributed by atoms with Gasteiger partial charge in [-0.25, -0.2) is 9.78 Å². The molecule has 2 aromatic rings. The Balaban J connectivity index is 1.76. The minimum absolute atomic E-state index is 0.117. The number of rotatable bonds is 5. The van der Waals surface area contributed by atoms with E-state index in [0.717, 1.165) is 36.6 Å². The molecule has 0 bridgehead atoms. The molecule has 8 nitrogen and oxygen atoms in total. The van der Waals surface area contributed by atoms with E-state index in [0.29, 0.717) is 5.92 Å². The van der Waals surface area contributed by atoms with Crippen LogP contribution in [0.25, 0.3) is 11.3 Å². The van der Waals surface area contributed by atoms with Crippen LogP contribution in [0.1, 0.15) is 38.2 Å². The van der Waals surface area contributed by atoms with Crippen LogP contribution in [0, 0.1) is 11.8 Å². The molecule has 2 amide bonds. The van der Waals surface area contributed by atoms with Crippen LogP contribution in [0.15, 0.2) is 24.5 Å². The van der Waals surface area contributed by atoms with Gasteiger partial charge in [0.1, 0.15) is 17.4 Å². The zero-order valence-electron chi connectivity index (χ0n) is 17.1. The number of alkyl halides is 3. The van der Waals surface area contributed by atoms with Gasteiger partial charge in [0.25, 0.3) is 0 Å². The van der Waals surface area contributed by atoms with E-state index in [1.165, 1.54) is 25.4 Å². The van der Waals surface area contributed by atoms with E-state index < -0.39 is 29.8 Å². The minimum Gasteiger partial charge on any atom is -0.465 e. The van der Waals surface area contributed by atoms with Crippen LogP contribution in [-0.2, 0) is 18.0 Å². The molecule has 1 fully saturated rings. The molecular weight excluding hydrogens is 415 g/mol. The number of halogens is 3. The molecular formula is C20H24F3N5O3. The van der Waals surface area contributed by atoms with Crippen molar-refractivity contribution in [2.24, 2.45) is 18.9 Å². The van der Waals surface area contributed by atoms with Crippen molar-refractivity contribution in [3.8, 4) is 11.3 Å². The van der Waals surface area contributed by atoms with E-state index in [-0.39, 0.29) is 23.0 Å². The first-order valence-corrected chi connectivity index (χ1v) is 9.92. The van der Waals surface area contributed by atoms with Crippen molar-refractivity contribution in [2.45, 2.75) is 44.8 Å². The highest BCUT2D eigenvalue weighted by Crippen LogP contribution is 2.36. The van der Waals surface area contributed by atoms with Crippen LogP contribution < -0.4 is 10.6 Å². The predicted molar refractivity (Wildman–Crippen MR) is 106 cm³/mol. The molecule has 0 spiro atoms. The molecule has 31 heavy (non-hydrogen) atoms. The fraction of sp³-hybridized carbons (Fsp3) is 0.500. The molecule has 2 heterocycles. The molecule has 1 saturated carbocycles. The lowest BCUT2D eigenvalue weighted by atomic mass is 9.79. The molecule has 1 aliphatic carbocycles. The maximum atomic E-state index is 13.2. The lowest BCUT2D eigenvalue weighted by Gasteiger charge is -2.31. The second-order valence-electron chi connectivity index (χ2n) is 7.90. The summed E-state index contributed by atoms with van der Waals surface area (Å²) in [7, 11) is 1.40. The summed E-state index contributed by atoms with van der Waals surface area (Å²) in [5.74, 6) is -0.0208. The number of pyridine rings is 1. The van der Waals surface area contributed by atoms with Crippen LogP contribution in [0.4, 0.5) is 23.8 Å². The molecule has 1 atom stereocenters. The molecule has 2 aromatic heterocycles. The smallest absolute Gasteiger partial charge is 0.420 e.